The van der Waals surface area contributed by atoms with Gasteiger partial charge in [0.15, 0.2) is 0 Å². The molecule has 9 heteroatoms. The van der Waals surface area contributed by atoms with Crippen molar-refractivity contribution in [3.63, 3.8) is 0 Å². The highest BCUT2D eigenvalue weighted by molar-refractivity contribution is 7.81. The van der Waals surface area contributed by atoms with E-state index in [1.807, 2.05) is 30.3 Å². The van der Waals surface area contributed by atoms with Gasteiger partial charge in [0.25, 0.3) is 0 Å². The highest BCUT2D eigenvalue weighted by Gasteiger charge is 2.28. The number of carbonyl (C=O) groups is 1. The molecule has 1 fully saturated rings. The number of hydrogen-bond acceptors (Lipinski definition) is 6. The molecule has 8 nitrogen and oxygen atoms in total. The minimum Gasteiger partial charge on any atom is -0.445 e. The molecule has 0 saturated carbocycles. The van der Waals surface area contributed by atoms with Crippen molar-refractivity contribution in [3.8, 4) is 5.88 Å². The summed E-state index contributed by atoms with van der Waals surface area (Å²) in [5, 5.41) is 0. The number of ether oxygens (including phenoxy) is 1. The summed E-state index contributed by atoms with van der Waals surface area (Å²) in [4.78, 5) is 18.9. The third kappa shape index (κ3) is 5.84. The summed E-state index contributed by atoms with van der Waals surface area (Å²) in [5.41, 5.74) is 8.05. The Morgan fingerprint density at radius 1 is 0.973 bits per heavy atom. The summed E-state index contributed by atoms with van der Waals surface area (Å²) < 4.78 is 42.0. The Morgan fingerprint density at radius 3 is 2.43 bits per heavy atom. The summed E-state index contributed by atoms with van der Waals surface area (Å²) in [6, 6.07) is 19.2. The van der Waals surface area contributed by atoms with Crippen molar-refractivity contribution in [2.75, 3.05) is 13.1 Å². The monoisotopic (exact) mass is 520 g/mol. The number of rotatable bonds is 4. The van der Waals surface area contributed by atoms with Gasteiger partial charge >= 0.3 is 16.5 Å². The molecule has 1 aliphatic heterocycles. The first-order valence-corrected chi connectivity index (χ1v) is 13.6. The second kappa shape index (κ2) is 10.4. The lowest BCUT2D eigenvalue weighted by Crippen LogP contribution is -2.37. The van der Waals surface area contributed by atoms with Crippen LogP contribution in [-0.2, 0) is 34.6 Å². The number of piperidine rings is 1. The van der Waals surface area contributed by atoms with Crippen LogP contribution in [0.2, 0.25) is 0 Å². The second-order valence-electron chi connectivity index (χ2n) is 9.33. The maximum atomic E-state index is 12.7. The van der Waals surface area contributed by atoms with E-state index in [0.29, 0.717) is 31.6 Å². The molecule has 0 spiro atoms. The lowest BCUT2D eigenvalue weighted by molar-refractivity contribution is 0.0936. The molecule has 1 aliphatic carbocycles. The van der Waals surface area contributed by atoms with Crippen LogP contribution in [0.4, 0.5) is 4.79 Å². The van der Waals surface area contributed by atoms with E-state index >= 15 is 0 Å². The van der Waals surface area contributed by atoms with Crippen molar-refractivity contribution in [1.82, 2.24) is 9.88 Å². The molecule has 1 N–H and O–H groups in total. The van der Waals surface area contributed by atoms with E-state index in [1.54, 1.807) is 11.0 Å². The van der Waals surface area contributed by atoms with Gasteiger partial charge in [0.05, 0.1) is 5.69 Å². The number of pyridine rings is 1. The predicted molar refractivity (Wildman–Crippen MR) is 138 cm³/mol. The molecule has 3 aromatic rings. The minimum atomic E-state index is -4.70. The van der Waals surface area contributed by atoms with Gasteiger partial charge in [0.2, 0.25) is 5.88 Å². The molecule has 1 aromatic heterocycles. The Labute approximate surface area is 216 Å². The van der Waals surface area contributed by atoms with E-state index in [-0.39, 0.29) is 18.6 Å². The summed E-state index contributed by atoms with van der Waals surface area (Å²) in [5.74, 6) is -0.183. The van der Waals surface area contributed by atoms with Crippen LogP contribution in [0.15, 0.2) is 66.2 Å². The van der Waals surface area contributed by atoms with E-state index < -0.39 is 10.4 Å². The Kier molecular flexibility index (Phi) is 6.99. The third-order valence-corrected chi connectivity index (χ3v) is 7.14. The van der Waals surface area contributed by atoms with Crippen LogP contribution >= 0.6 is 0 Å². The Morgan fingerprint density at radius 2 is 1.70 bits per heavy atom. The SMILES string of the molecule is Cc1ccc2c(c1)CCc1ccc(OS(=O)(=O)O)nc1C2=C1CCN(C(=O)OCc2ccccc2)CC1. The molecule has 5 rings (SSSR count). The van der Waals surface area contributed by atoms with E-state index in [4.69, 9.17) is 4.74 Å². The predicted octanol–water partition coefficient (Wildman–Crippen LogP) is 4.90. The maximum absolute atomic E-state index is 12.7. The van der Waals surface area contributed by atoms with Gasteiger partial charge in [-0.15, -0.1) is 0 Å². The van der Waals surface area contributed by atoms with Gasteiger partial charge in [0, 0.05) is 24.7 Å². The zero-order valence-electron chi connectivity index (χ0n) is 20.5. The number of hydrogen-bond donors (Lipinski definition) is 1. The van der Waals surface area contributed by atoms with Gasteiger partial charge in [-0.3, -0.25) is 4.55 Å². The van der Waals surface area contributed by atoms with Gasteiger partial charge in [-0.1, -0.05) is 65.7 Å². The molecule has 0 atom stereocenters. The third-order valence-electron chi connectivity index (χ3n) is 6.76. The fourth-order valence-corrected chi connectivity index (χ4v) is 5.30. The van der Waals surface area contributed by atoms with Gasteiger partial charge < -0.3 is 13.8 Å². The fourth-order valence-electron chi connectivity index (χ4n) is 4.99. The quantitative estimate of drug-likeness (QED) is 0.488. The molecule has 2 aliphatic rings. The number of carbonyl (C=O) groups excluding carboxylic acids is 1. The smallest absolute Gasteiger partial charge is 0.445 e. The molecule has 192 valence electrons. The number of fused-ring (bicyclic) bond motifs is 2. The van der Waals surface area contributed by atoms with Gasteiger partial charge in [0.1, 0.15) is 6.61 Å². The summed E-state index contributed by atoms with van der Waals surface area (Å²) in [7, 11) is -4.70. The van der Waals surface area contributed by atoms with E-state index in [0.717, 1.165) is 46.2 Å². The van der Waals surface area contributed by atoms with Crippen LogP contribution in [-0.4, -0.2) is 42.0 Å². The van der Waals surface area contributed by atoms with Crippen LogP contribution in [0.25, 0.3) is 5.57 Å². The topological polar surface area (TPSA) is 106 Å². The highest BCUT2D eigenvalue weighted by Crippen LogP contribution is 2.39. The Bertz CT molecular complexity index is 1460. The minimum absolute atomic E-state index is 0.183. The van der Waals surface area contributed by atoms with Crippen molar-refractivity contribution in [2.24, 2.45) is 0 Å². The molecule has 2 heterocycles. The molecule has 2 aromatic carbocycles. The molecule has 0 unspecified atom stereocenters. The van der Waals surface area contributed by atoms with Crippen molar-refractivity contribution < 1.29 is 26.7 Å². The standard InChI is InChI=1S/C28H28N2O6S/c1-19-7-11-24-23(17-19)9-8-22-10-12-25(36-37(32,33)34)29-27(22)26(24)21-13-15-30(16-14-21)28(31)35-18-20-5-3-2-4-6-20/h2-7,10-12,17H,8-9,13-16,18H2,1H3,(H,32,33,34). The van der Waals surface area contributed by atoms with Crippen LogP contribution < -0.4 is 4.18 Å². The maximum Gasteiger partial charge on any atom is 0.447 e. The average molecular weight is 521 g/mol. The van der Waals surface area contributed by atoms with Crippen molar-refractivity contribution in [2.45, 2.75) is 39.2 Å². The molecule has 37 heavy (non-hydrogen) atoms. The molecule has 0 bridgehead atoms. The zero-order chi connectivity index (χ0) is 26.0. The Hall–Kier alpha value is -3.69. The first-order valence-electron chi connectivity index (χ1n) is 12.2. The van der Waals surface area contributed by atoms with E-state index in [1.165, 1.54) is 11.6 Å². The molecular formula is C28H28N2O6S. The number of aromatic nitrogens is 1. The molecule has 0 radical (unpaired) electrons. The molecule has 1 saturated heterocycles. The van der Waals surface area contributed by atoms with Crippen molar-refractivity contribution >= 4 is 22.1 Å². The summed E-state index contributed by atoms with van der Waals surface area (Å²) in [6.45, 7) is 3.29. The van der Waals surface area contributed by atoms with Crippen LogP contribution in [0.1, 0.15) is 46.4 Å². The number of amides is 1. The van der Waals surface area contributed by atoms with Gasteiger partial charge in [-0.05, 0) is 54.9 Å². The number of benzene rings is 2. The number of nitrogens with zero attached hydrogens (tertiary/aromatic N) is 2. The average Bonchev–Trinajstić information content (AvgIpc) is 3.03. The van der Waals surface area contributed by atoms with Crippen molar-refractivity contribution in [1.29, 1.82) is 0 Å². The lowest BCUT2D eigenvalue weighted by atomic mass is 9.88. The molecular weight excluding hydrogens is 492 g/mol. The van der Waals surface area contributed by atoms with Crippen LogP contribution in [0.3, 0.4) is 0 Å². The number of likely N-dealkylation sites (tertiary alicyclic amines) is 1. The van der Waals surface area contributed by atoms with Crippen molar-refractivity contribution in [3.05, 3.63) is 99.7 Å². The highest BCUT2D eigenvalue weighted by atomic mass is 32.3. The summed E-state index contributed by atoms with van der Waals surface area (Å²) in [6.07, 6.45) is 2.48. The summed E-state index contributed by atoms with van der Waals surface area (Å²) >= 11 is 0. The fraction of sp³-hybridized carbons (Fsp3) is 0.286. The van der Waals surface area contributed by atoms with Gasteiger partial charge in [-0.2, -0.15) is 8.42 Å². The zero-order valence-corrected chi connectivity index (χ0v) is 21.3. The first kappa shape index (κ1) is 25.0. The number of aryl methyl sites for hydroxylation is 3. The Balaban J connectivity index is 1.45. The molecule has 1 amide bonds. The van der Waals surface area contributed by atoms with E-state index in [9.17, 15) is 17.8 Å². The normalized spacial score (nSPS) is 15.5. The van der Waals surface area contributed by atoms with Gasteiger partial charge in [-0.25, -0.2) is 9.78 Å². The largest absolute Gasteiger partial charge is 0.447 e. The first-order chi connectivity index (χ1) is 17.8. The lowest BCUT2D eigenvalue weighted by Gasteiger charge is -2.29. The van der Waals surface area contributed by atoms with Crippen LogP contribution in [0.5, 0.6) is 5.88 Å². The van der Waals surface area contributed by atoms with Crippen LogP contribution in [0, 0.1) is 6.92 Å². The van der Waals surface area contributed by atoms with E-state index in [2.05, 4.69) is 34.3 Å². The second-order valence-corrected chi connectivity index (χ2v) is 10.4.